The Hall–Kier alpha value is -4.17. The lowest BCUT2D eigenvalue weighted by molar-refractivity contribution is -0.140. The number of nitrogens with one attached hydrogen (secondary N) is 4. The van der Waals surface area contributed by atoms with Crippen LogP contribution in [0.4, 0.5) is 0 Å². The van der Waals surface area contributed by atoms with Gasteiger partial charge in [0.25, 0.3) is 0 Å². The van der Waals surface area contributed by atoms with E-state index in [4.69, 9.17) is 9.47 Å². The number of nitrogens with zero attached hydrogens (tertiary/aromatic N) is 1. The van der Waals surface area contributed by atoms with Crippen LogP contribution in [0.5, 0.6) is 11.5 Å². The van der Waals surface area contributed by atoms with E-state index in [0.717, 1.165) is 12.8 Å². The Balaban J connectivity index is 1.46. The lowest BCUT2D eigenvalue weighted by Crippen LogP contribution is -2.58. The summed E-state index contributed by atoms with van der Waals surface area (Å²) >= 11 is 0. The first-order valence-corrected chi connectivity index (χ1v) is 19.4. The third-order valence-corrected chi connectivity index (χ3v) is 11.3. The van der Waals surface area contributed by atoms with Crippen LogP contribution in [0.15, 0.2) is 48.5 Å². The summed E-state index contributed by atoms with van der Waals surface area (Å²) in [6.07, 6.45) is 3.67. The van der Waals surface area contributed by atoms with Crippen molar-refractivity contribution >= 4 is 33.7 Å². The largest absolute Gasteiger partial charge is 0.497 e. The van der Waals surface area contributed by atoms with E-state index in [0.29, 0.717) is 48.4 Å². The summed E-state index contributed by atoms with van der Waals surface area (Å²) in [6.45, 7) is 6.08. The van der Waals surface area contributed by atoms with E-state index in [9.17, 15) is 27.6 Å². The summed E-state index contributed by atoms with van der Waals surface area (Å²) in [5.41, 5.74) is 1.38. The van der Waals surface area contributed by atoms with Gasteiger partial charge in [-0.3, -0.25) is 19.2 Å². The van der Waals surface area contributed by atoms with Gasteiger partial charge in [0.2, 0.25) is 33.7 Å². The number of methoxy groups -OCH3 is 1. The molecule has 0 saturated heterocycles. The van der Waals surface area contributed by atoms with Crippen LogP contribution in [-0.4, -0.2) is 93.2 Å². The molecule has 13 nitrogen and oxygen atoms in total. The van der Waals surface area contributed by atoms with Crippen LogP contribution in [0.2, 0.25) is 0 Å². The summed E-state index contributed by atoms with van der Waals surface area (Å²) in [5.74, 6) is -0.314. The molecule has 4 atom stereocenters. The predicted molar refractivity (Wildman–Crippen MR) is 191 cm³/mol. The topological polar surface area (TPSA) is 172 Å². The summed E-state index contributed by atoms with van der Waals surface area (Å²) < 4.78 is 40.1. The van der Waals surface area contributed by atoms with Crippen LogP contribution in [-0.2, 0) is 42.0 Å². The van der Waals surface area contributed by atoms with Crippen LogP contribution in [0.25, 0.3) is 0 Å². The quantitative estimate of drug-likeness (QED) is 0.270. The molecule has 2 bridgehead atoms. The Labute approximate surface area is 300 Å². The van der Waals surface area contributed by atoms with Crippen LogP contribution in [0, 0.1) is 11.8 Å². The van der Waals surface area contributed by atoms with Gasteiger partial charge in [-0.05, 0) is 92.7 Å². The first kappa shape index (κ1) is 38.1. The van der Waals surface area contributed by atoms with Gasteiger partial charge in [-0.15, -0.1) is 0 Å². The summed E-state index contributed by atoms with van der Waals surface area (Å²) in [7, 11) is -2.25. The first-order chi connectivity index (χ1) is 24.3. The van der Waals surface area contributed by atoms with Crippen molar-refractivity contribution in [3.8, 4) is 11.5 Å². The molecule has 14 heteroatoms. The third kappa shape index (κ3) is 11.4. The fourth-order valence-corrected chi connectivity index (χ4v) is 7.71. The second kappa shape index (κ2) is 16.9. The molecule has 4 aliphatic rings. The molecule has 4 amide bonds. The molecule has 0 aromatic heterocycles. The van der Waals surface area contributed by atoms with Gasteiger partial charge in [-0.2, -0.15) is 0 Å². The molecule has 2 aromatic carbocycles. The van der Waals surface area contributed by atoms with Gasteiger partial charge in [0.05, 0.1) is 24.9 Å². The average molecular weight is 726 g/mol. The number of ether oxygens (including phenoxy) is 2. The maximum Gasteiger partial charge on any atom is 0.245 e. The van der Waals surface area contributed by atoms with Gasteiger partial charge in [-0.25, -0.2) is 13.1 Å². The van der Waals surface area contributed by atoms with E-state index in [2.05, 4.69) is 34.5 Å². The number of hydrogen-bond donors (Lipinski definition) is 4. The maximum absolute atomic E-state index is 14.0. The normalized spacial score (nSPS) is 24.4. The first-order valence-electron chi connectivity index (χ1n) is 17.8. The smallest absolute Gasteiger partial charge is 0.245 e. The van der Waals surface area contributed by atoms with Gasteiger partial charge in [-0.1, -0.05) is 38.1 Å². The second-order valence-electron chi connectivity index (χ2n) is 14.5. The van der Waals surface area contributed by atoms with Crippen LogP contribution >= 0.6 is 0 Å². The number of fused-ring (bicyclic) bond motifs is 17. The van der Waals surface area contributed by atoms with Crippen molar-refractivity contribution in [1.29, 1.82) is 0 Å². The number of benzene rings is 2. The molecule has 4 N–H and O–H groups in total. The Bertz CT molecular complexity index is 1640. The molecule has 278 valence electrons. The van der Waals surface area contributed by atoms with Crippen molar-refractivity contribution in [3.05, 3.63) is 59.7 Å². The molecule has 2 aliphatic heterocycles. The van der Waals surface area contributed by atoms with Crippen molar-refractivity contribution in [1.82, 2.24) is 25.6 Å². The minimum atomic E-state index is -3.79. The Morgan fingerprint density at radius 3 is 2.22 bits per heavy atom. The highest BCUT2D eigenvalue weighted by molar-refractivity contribution is 7.90. The van der Waals surface area contributed by atoms with Crippen molar-refractivity contribution in [2.24, 2.45) is 11.8 Å². The lowest BCUT2D eigenvalue weighted by atomic mass is 10.0. The summed E-state index contributed by atoms with van der Waals surface area (Å²) in [5, 5.41) is 8.04. The molecule has 0 spiro atoms. The molecular weight excluding hydrogens is 675 g/mol. The molecule has 2 heterocycles. The van der Waals surface area contributed by atoms with Gasteiger partial charge in [0.1, 0.15) is 36.2 Å². The van der Waals surface area contributed by atoms with E-state index in [1.807, 2.05) is 0 Å². The van der Waals surface area contributed by atoms with Crippen molar-refractivity contribution in [2.75, 3.05) is 26.8 Å². The fraction of sp³-hybridized carbons (Fsp3) is 0.568. The van der Waals surface area contributed by atoms with Crippen molar-refractivity contribution in [3.63, 3.8) is 0 Å². The SMILES string of the molecule is COc1ccc(C[C@@H]2NC(=O)[C@@H](NS(=O)(=O)C3CC3)Cc3ccc(cc3)OC[C@H](CC(C)C)NC(=O)CN(CC3CC3)C(=O)[C@@H](C)NC2=O)cc1. The van der Waals surface area contributed by atoms with Crippen LogP contribution < -0.4 is 30.1 Å². The van der Waals surface area contributed by atoms with Crippen molar-refractivity contribution < 1.29 is 37.1 Å². The maximum atomic E-state index is 14.0. The molecule has 2 saturated carbocycles. The molecule has 0 unspecified atom stereocenters. The molecule has 2 fully saturated rings. The zero-order valence-electron chi connectivity index (χ0n) is 29.9. The predicted octanol–water partition coefficient (Wildman–Crippen LogP) is 2.08. The fourth-order valence-electron chi connectivity index (χ4n) is 6.17. The minimum Gasteiger partial charge on any atom is -0.497 e. The van der Waals surface area contributed by atoms with Crippen molar-refractivity contribution in [2.45, 2.75) is 95.1 Å². The highest BCUT2D eigenvalue weighted by Gasteiger charge is 2.39. The summed E-state index contributed by atoms with van der Waals surface area (Å²) in [4.78, 5) is 56.6. The number of amides is 4. The number of hydrogen-bond acceptors (Lipinski definition) is 8. The molecule has 2 aliphatic carbocycles. The Morgan fingerprint density at radius 2 is 1.61 bits per heavy atom. The highest BCUT2D eigenvalue weighted by atomic mass is 32.2. The van der Waals surface area contributed by atoms with E-state index < -0.39 is 51.1 Å². The van der Waals surface area contributed by atoms with Gasteiger partial charge >= 0.3 is 0 Å². The minimum absolute atomic E-state index is 0.0198. The summed E-state index contributed by atoms with van der Waals surface area (Å²) in [6, 6.07) is 10.3. The number of carbonyl (C=O) groups excluding carboxylic acids is 4. The molecule has 0 radical (unpaired) electrons. The Morgan fingerprint density at radius 1 is 0.922 bits per heavy atom. The standard InChI is InChI=1S/C37H51N5O8S/c1-23(2)17-28-22-50-30-13-9-26(10-14-30)19-33(41-51(47,48)31-15-16-31)36(45)40-32(18-25-7-11-29(49-4)12-8-25)35(44)38-24(3)37(46)42(20-27-5-6-27)21-34(43)39-28/h7-14,23-24,27-28,31-33,41H,5-6,15-22H2,1-4H3,(H,38,44)(H,39,43)(H,40,45)/t24-,28+,32+,33+/m1/s1. The van der Waals surface area contributed by atoms with Gasteiger partial charge < -0.3 is 30.3 Å². The monoisotopic (exact) mass is 725 g/mol. The zero-order valence-corrected chi connectivity index (χ0v) is 30.7. The molecule has 2 aromatic rings. The highest BCUT2D eigenvalue weighted by Crippen LogP contribution is 2.30. The van der Waals surface area contributed by atoms with Gasteiger partial charge in [0.15, 0.2) is 0 Å². The lowest BCUT2D eigenvalue weighted by Gasteiger charge is -2.29. The van der Waals surface area contributed by atoms with Crippen LogP contribution in [0.1, 0.15) is 64.0 Å². The third-order valence-electron chi connectivity index (χ3n) is 9.30. The average Bonchev–Trinajstić information content (AvgIpc) is 4.01. The van der Waals surface area contributed by atoms with E-state index >= 15 is 0 Å². The number of sulfonamides is 1. The molecular formula is C37H51N5O8S. The van der Waals surface area contributed by atoms with Gasteiger partial charge in [0, 0.05) is 13.0 Å². The second-order valence-corrected chi connectivity index (χ2v) is 16.5. The molecule has 6 rings (SSSR count). The zero-order chi connectivity index (χ0) is 36.7. The van der Waals surface area contributed by atoms with E-state index in [-0.39, 0.29) is 49.8 Å². The van der Waals surface area contributed by atoms with Crippen LogP contribution in [0.3, 0.4) is 0 Å². The Kier molecular flexibility index (Phi) is 12.6. The number of rotatable bonds is 10. The number of carbonyl (C=O) groups is 4. The van der Waals surface area contributed by atoms with E-state index in [1.54, 1.807) is 62.6 Å². The van der Waals surface area contributed by atoms with E-state index in [1.165, 1.54) is 4.90 Å². The molecule has 51 heavy (non-hydrogen) atoms.